The van der Waals surface area contributed by atoms with Gasteiger partial charge in [0.15, 0.2) is 5.78 Å². The second-order valence-corrected chi connectivity index (χ2v) is 3.63. The molecule has 1 rings (SSSR count). The Morgan fingerprint density at radius 2 is 2.00 bits per heavy atom. The monoisotopic (exact) mass is 243 g/mol. The molecule has 1 fully saturated rings. The highest BCUT2D eigenvalue weighted by molar-refractivity contribution is 6.63. The number of Topliss-reactive ketones (excluding diaryl/α,β-unsaturated/α-hetero) is 1. The van der Waals surface area contributed by atoms with Crippen molar-refractivity contribution in [3.8, 4) is 0 Å². The van der Waals surface area contributed by atoms with Crippen LogP contribution in [0.25, 0.3) is 0 Å². The number of ketones is 1. The second kappa shape index (κ2) is 7.01. The molecule has 1 saturated heterocycles. The van der Waals surface area contributed by atoms with Crippen LogP contribution in [0.2, 0.25) is 0 Å². The maximum absolute atomic E-state index is 11.4. The van der Waals surface area contributed by atoms with Gasteiger partial charge < -0.3 is 14.3 Å². The third kappa shape index (κ3) is 4.52. The zero-order valence-corrected chi connectivity index (χ0v) is 10.1. The van der Waals surface area contributed by atoms with Crippen molar-refractivity contribution in [2.24, 2.45) is 5.16 Å². The fourth-order valence-electron chi connectivity index (χ4n) is 1.35. The molecule has 6 nitrogen and oxygen atoms in total. The first kappa shape index (κ1) is 13.6. The van der Waals surface area contributed by atoms with Crippen LogP contribution >= 0.6 is 0 Å². The smallest absolute Gasteiger partial charge is 0.364 e. The normalized spacial score (nSPS) is 17.6. The van der Waals surface area contributed by atoms with Crippen molar-refractivity contribution in [2.75, 3.05) is 19.8 Å². The largest absolute Gasteiger partial charge is 0.461 e. The maximum Gasteiger partial charge on any atom is 0.364 e. The lowest BCUT2D eigenvalue weighted by Gasteiger charge is -2.19. The SMILES string of the molecule is CCOC(=O)C(=NOC1CCOCC1)C(C)=O. The lowest BCUT2D eigenvalue weighted by molar-refractivity contribution is -0.136. The van der Waals surface area contributed by atoms with Gasteiger partial charge in [-0.2, -0.15) is 0 Å². The first-order valence-corrected chi connectivity index (χ1v) is 5.64. The van der Waals surface area contributed by atoms with E-state index in [0.29, 0.717) is 26.1 Å². The van der Waals surface area contributed by atoms with Gasteiger partial charge in [-0.05, 0) is 6.92 Å². The lowest BCUT2D eigenvalue weighted by atomic mass is 10.2. The third-order valence-electron chi connectivity index (χ3n) is 2.26. The minimum absolute atomic E-state index is 0.104. The van der Waals surface area contributed by atoms with Crippen LogP contribution in [0.4, 0.5) is 0 Å². The van der Waals surface area contributed by atoms with Gasteiger partial charge in [0.1, 0.15) is 6.10 Å². The van der Waals surface area contributed by atoms with Gasteiger partial charge in [0, 0.05) is 19.8 Å². The summed E-state index contributed by atoms with van der Waals surface area (Å²) in [6, 6.07) is 0. The van der Waals surface area contributed by atoms with Crippen molar-refractivity contribution in [2.45, 2.75) is 32.8 Å². The Labute approximate surface area is 99.9 Å². The van der Waals surface area contributed by atoms with E-state index in [4.69, 9.17) is 14.3 Å². The van der Waals surface area contributed by atoms with Crippen LogP contribution in [0.3, 0.4) is 0 Å². The summed E-state index contributed by atoms with van der Waals surface area (Å²) in [5.41, 5.74) is -0.293. The van der Waals surface area contributed by atoms with Crippen LogP contribution < -0.4 is 0 Å². The Morgan fingerprint density at radius 1 is 1.35 bits per heavy atom. The number of hydrogen-bond acceptors (Lipinski definition) is 6. The number of oxime groups is 1. The molecule has 1 aliphatic rings. The van der Waals surface area contributed by atoms with Crippen molar-refractivity contribution in [1.29, 1.82) is 0 Å². The van der Waals surface area contributed by atoms with Crippen LogP contribution in [0.1, 0.15) is 26.7 Å². The topological polar surface area (TPSA) is 74.2 Å². The van der Waals surface area contributed by atoms with Crippen molar-refractivity contribution >= 4 is 17.5 Å². The van der Waals surface area contributed by atoms with Gasteiger partial charge in [0.05, 0.1) is 19.8 Å². The van der Waals surface area contributed by atoms with Gasteiger partial charge in [-0.25, -0.2) is 4.79 Å². The molecule has 0 saturated carbocycles. The summed E-state index contributed by atoms with van der Waals surface area (Å²) >= 11 is 0. The van der Waals surface area contributed by atoms with Gasteiger partial charge in [0.2, 0.25) is 5.71 Å². The van der Waals surface area contributed by atoms with Crippen LogP contribution in [0.5, 0.6) is 0 Å². The standard InChI is InChI=1S/C11H17NO5/c1-3-16-11(14)10(8(2)13)12-17-9-4-6-15-7-5-9/h9H,3-7H2,1-2H3. The van der Waals surface area contributed by atoms with E-state index < -0.39 is 11.8 Å². The highest BCUT2D eigenvalue weighted by Gasteiger charge is 2.21. The molecule has 0 N–H and O–H groups in total. The van der Waals surface area contributed by atoms with E-state index >= 15 is 0 Å². The minimum Gasteiger partial charge on any atom is -0.461 e. The first-order valence-electron chi connectivity index (χ1n) is 5.64. The zero-order chi connectivity index (χ0) is 12.7. The van der Waals surface area contributed by atoms with Gasteiger partial charge in [0.25, 0.3) is 0 Å². The summed E-state index contributed by atoms with van der Waals surface area (Å²) < 4.78 is 9.86. The number of carbonyl (C=O) groups is 2. The molecule has 0 atom stereocenters. The Balaban J connectivity index is 2.56. The summed E-state index contributed by atoms with van der Waals surface area (Å²) in [6.07, 6.45) is 1.31. The number of hydrogen-bond donors (Lipinski definition) is 0. The van der Waals surface area contributed by atoms with Crippen LogP contribution in [-0.4, -0.2) is 43.4 Å². The van der Waals surface area contributed by atoms with Gasteiger partial charge >= 0.3 is 5.97 Å². The van der Waals surface area contributed by atoms with E-state index in [0.717, 1.165) is 0 Å². The molecule has 6 heteroatoms. The van der Waals surface area contributed by atoms with Crippen molar-refractivity contribution in [3.63, 3.8) is 0 Å². The maximum atomic E-state index is 11.4. The fourth-order valence-corrected chi connectivity index (χ4v) is 1.35. The molecule has 0 spiro atoms. The summed E-state index contributed by atoms with van der Waals surface area (Å²) in [6.45, 7) is 4.32. The summed E-state index contributed by atoms with van der Waals surface area (Å²) in [5, 5.41) is 3.60. The van der Waals surface area contributed by atoms with E-state index in [1.807, 2.05) is 0 Å². The average molecular weight is 243 g/mol. The molecule has 0 aromatic heterocycles. The van der Waals surface area contributed by atoms with Crippen molar-refractivity contribution < 1.29 is 23.9 Å². The highest BCUT2D eigenvalue weighted by Crippen LogP contribution is 2.11. The molecule has 0 bridgehead atoms. The molecule has 96 valence electrons. The fraction of sp³-hybridized carbons (Fsp3) is 0.727. The van der Waals surface area contributed by atoms with Gasteiger partial charge in [-0.15, -0.1) is 0 Å². The Kier molecular flexibility index (Phi) is 5.62. The number of esters is 1. The predicted molar refractivity (Wildman–Crippen MR) is 59.7 cm³/mol. The number of ether oxygens (including phenoxy) is 2. The lowest BCUT2D eigenvalue weighted by Crippen LogP contribution is -2.27. The van der Waals surface area contributed by atoms with E-state index in [1.54, 1.807) is 6.92 Å². The highest BCUT2D eigenvalue weighted by atomic mass is 16.6. The Bertz CT molecular complexity index is 307. The molecular formula is C11H17NO5. The van der Waals surface area contributed by atoms with Gasteiger partial charge in [-0.3, -0.25) is 4.79 Å². The van der Waals surface area contributed by atoms with E-state index in [2.05, 4.69) is 5.16 Å². The van der Waals surface area contributed by atoms with E-state index in [9.17, 15) is 9.59 Å². The predicted octanol–water partition coefficient (Wildman–Crippen LogP) is 0.690. The molecule has 17 heavy (non-hydrogen) atoms. The molecule has 0 aromatic rings. The number of carbonyl (C=O) groups excluding carboxylic acids is 2. The first-order chi connectivity index (χ1) is 8.15. The summed E-state index contributed by atoms with van der Waals surface area (Å²) in [5.74, 6) is -1.21. The molecule has 0 aromatic carbocycles. The Hall–Kier alpha value is -1.43. The van der Waals surface area contributed by atoms with Crippen LogP contribution in [-0.2, 0) is 23.9 Å². The van der Waals surface area contributed by atoms with Gasteiger partial charge in [-0.1, -0.05) is 5.16 Å². The molecule has 0 unspecified atom stereocenters. The number of rotatable bonds is 5. The van der Waals surface area contributed by atoms with E-state index in [1.165, 1.54) is 6.92 Å². The van der Waals surface area contributed by atoms with Crippen molar-refractivity contribution in [3.05, 3.63) is 0 Å². The van der Waals surface area contributed by atoms with Crippen LogP contribution in [0, 0.1) is 0 Å². The van der Waals surface area contributed by atoms with Crippen molar-refractivity contribution in [1.82, 2.24) is 0 Å². The molecule has 0 amide bonds. The summed E-state index contributed by atoms with van der Waals surface area (Å²) in [7, 11) is 0. The minimum atomic E-state index is -0.743. The quantitative estimate of drug-likeness (QED) is 0.307. The number of nitrogens with zero attached hydrogens (tertiary/aromatic N) is 1. The molecule has 1 heterocycles. The average Bonchev–Trinajstić information content (AvgIpc) is 2.30. The third-order valence-corrected chi connectivity index (χ3v) is 2.26. The molecule has 1 aliphatic heterocycles. The Morgan fingerprint density at radius 3 is 2.53 bits per heavy atom. The van der Waals surface area contributed by atoms with Crippen LogP contribution in [0.15, 0.2) is 5.16 Å². The molecule has 0 aliphatic carbocycles. The molecular weight excluding hydrogens is 226 g/mol. The summed E-state index contributed by atoms with van der Waals surface area (Å²) in [4.78, 5) is 27.7. The van der Waals surface area contributed by atoms with E-state index in [-0.39, 0.29) is 18.4 Å². The molecule has 0 radical (unpaired) electrons. The zero-order valence-electron chi connectivity index (χ0n) is 10.1. The second-order valence-electron chi connectivity index (χ2n) is 3.63.